The highest BCUT2D eigenvalue weighted by Gasteiger charge is 2.33. The molecule has 0 radical (unpaired) electrons. The maximum absolute atomic E-state index is 12.4. The van der Waals surface area contributed by atoms with E-state index in [2.05, 4.69) is 15.3 Å². The summed E-state index contributed by atoms with van der Waals surface area (Å²) in [5.74, 6) is 1.06. The fraction of sp³-hybridized carbons (Fsp3) is 0.400. The highest BCUT2D eigenvalue weighted by Crippen LogP contribution is 2.32. The Morgan fingerprint density at radius 2 is 2.17 bits per heavy atom. The Bertz CT molecular complexity index is 534. The van der Waals surface area contributed by atoms with Crippen LogP contribution in [0.2, 0.25) is 0 Å². The molecule has 0 aliphatic carbocycles. The Morgan fingerprint density at radius 3 is 2.67 bits per heavy atom. The number of anilines is 1. The molecule has 1 N–H and O–H groups in total. The molecule has 0 bridgehead atoms. The van der Waals surface area contributed by atoms with Crippen molar-refractivity contribution in [3.8, 4) is 0 Å². The predicted octanol–water partition coefficient (Wildman–Crippen LogP) is 3.63. The molecule has 2 heterocycles. The van der Waals surface area contributed by atoms with Gasteiger partial charge in [-0.15, -0.1) is 11.3 Å². The Balaban J connectivity index is 2.08. The summed E-state index contributed by atoms with van der Waals surface area (Å²) in [7, 11) is 0. The lowest BCUT2D eigenvalue weighted by atomic mass is 10.3. The first kappa shape index (κ1) is 12.9. The summed E-state index contributed by atoms with van der Waals surface area (Å²) in [4.78, 5) is 7.46. The summed E-state index contributed by atoms with van der Waals surface area (Å²) >= 11 is 0.895. The van der Waals surface area contributed by atoms with Crippen LogP contribution in [0.3, 0.4) is 0 Å². The molecule has 18 heavy (non-hydrogen) atoms. The maximum Gasteiger partial charge on any atom is 0.434 e. The lowest BCUT2D eigenvalue weighted by Gasteiger charge is -2.08. The third-order valence-corrected chi connectivity index (χ3v) is 2.92. The molecule has 2 rings (SSSR count). The van der Waals surface area contributed by atoms with Gasteiger partial charge in [0.2, 0.25) is 5.89 Å². The van der Waals surface area contributed by atoms with Crippen LogP contribution in [0.5, 0.6) is 0 Å². The van der Waals surface area contributed by atoms with E-state index in [1.807, 2.05) is 0 Å². The van der Waals surface area contributed by atoms with E-state index in [4.69, 9.17) is 4.42 Å². The van der Waals surface area contributed by atoms with Crippen LogP contribution < -0.4 is 5.32 Å². The molecule has 4 nitrogen and oxygen atoms in total. The third-order valence-electron chi connectivity index (χ3n) is 2.14. The summed E-state index contributed by atoms with van der Waals surface area (Å²) in [5.41, 5.74) is -0.897. The van der Waals surface area contributed by atoms with Crippen LogP contribution in [0.4, 0.5) is 18.3 Å². The zero-order valence-corrected chi connectivity index (χ0v) is 10.4. The second-order valence-corrected chi connectivity index (χ2v) is 4.57. The zero-order chi connectivity index (χ0) is 13.3. The SMILES string of the molecule is Cc1cnc(C(C)Nc2nc(C(F)(F)F)cs2)o1. The van der Waals surface area contributed by atoms with Crippen molar-refractivity contribution in [1.29, 1.82) is 0 Å². The molecular weight excluding hydrogens is 267 g/mol. The molecule has 8 heteroatoms. The Hall–Kier alpha value is -1.57. The van der Waals surface area contributed by atoms with Gasteiger partial charge in [0.1, 0.15) is 11.8 Å². The van der Waals surface area contributed by atoms with Gasteiger partial charge in [0, 0.05) is 5.38 Å². The first-order chi connectivity index (χ1) is 8.36. The van der Waals surface area contributed by atoms with Gasteiger partial charge in [0.25, 0.3) is 0 Å². The van der Waals surface area contributed by atoms with E-state index in [1.54, 1.807) is 20.0 Å². The van der Waals surface area contributed by atoms with Gasteiger partial charge in [-0.05, 0) is 13.8 Å². The summed E-state index contributed by atoms with van der Waals surface area (Å²) < 4.78 is 42.3. The largest absolute Gasteiger partial charge is 0.444 e. The fourth-order valence-corrected chi connectivity index (χ4v) is 2.10. The molecule has 98 valence electrons. The van der Waals surface area contributed by atoms with Crippen molar-refractivity contribution in [2.45, 2.75) is 26.1 Å². The van der Waals surface area contributed by atoms with Crippen molar-refractivity contribution in [3.63, 3.8) is 0 Å². The highest BCUT2D eigenvalue weighted by atomic mass is 32.1. The number of hydrogen-bond acceptors (Lipinski definition) is 5. The number of rotatable bonds is 3. The summed E-state index contributed by atoms with van der Waals surface area (Å²) in [5, 5.41) is 3.97. The van der Waals surface area contributed by atoms with E-state index in [0.29, 0.717) is 11.7 Å². The highest BCUT2D eigenvalue weighted by molar-refractivity contribution is 7.13. The van der Waals surface area contributed by atoms with Crippen molar-refractivity contribution < 1.29 is 17.6 Å². The molecule has 0 fully saturated rings. The van der Waals surface area contributed by atoms with Gasteiger partial charge < -0.3 is 9.73 Å². The van der Waals surface area contributed by atoms with Crippen molar-refractivity contribution in [3.05, 3.63) is 28.9 Å². The van der Waals surface area contributed by atoms with E-state index in [-0.39, 0.29) is 11.2 Å². The molecule has 0 saturated carbocycles. The number of nitrogens with zero attached hydrogens (tertiary/aromatic N) is 2. The molecule has 1 unspecified atom stereocenters. The Labute approximate surface area is 105 Å². The number of thiazole rings is 1. The van der Waals surface area contributed by atoms with E-state index in [0.717, 1.165) is 16.7 Å². The van der Waals surface area contributed by atoms with E-state index in [1.165, 1.54) is 0 Å². The number of alkyl halides is 3. The minimum absolute atomic E-state index is 0.186. The predicted molar refractivity (Wildman–Crippen MR) is 60.4 cm³/mol. The number of aromatic nitrogens is 2. The minimum Gasteiger partial charge on any atom is -0.444 e. The van der Waals surface area contributed by atoms with Gasteiger partial charge in [-0.25, -0.2) is 9.97 Å². The number of nitrogens with one attached hydrogen (secondary N) is 1. The van der Waals surface area contributed by atoms with Crippen LogP contribution in [0.25, 0.3) is 0 Å². The lowest BCUT2D eigenvalue weighted by Crippen LogP contribution is -2.08. The van der Waals surface area contributed by atoms with Gasteiger partial charge in [0.15, 0.2) is 10.8 Å². The molecule has 0 aromatic carbocycles. The number of halogens is 3. The summed E-state index contributed by atoms with van der Waals surface area (Å²) in [6, 6.07) is -0.342. The Kier molecular flexibility index (Phi) is 3.29. The molecule has 0 amide bonds. The average molecular weight is 277 g/mol. The second kappa shape index (κ2) is 4.60. The number of hydrogen-bond donors (Lipinski definition) is 1. The minimum atomic E-state index is -4.42. The molecule has 2 aromatic rings. The smallest absolute Gasteiger partial charge is 0.434 e. The van der Waals surface area contributed by atoms with E-state index >= 15 is 0 Å². The molecule has 0 aliphatic rings. The van der Waals surface area contributed by atoms with Gasteiger partial charge in [-0.1, -0.05) is 0 Å². The summed E-state index contributed by atoms with van der Waals surface area (Å²) in [6.45, 7) is 3.48. The molecule has 0 saturated heterocycles. The zero-order valence-electron chi connectivity index (χ0n) is 9.58. The van der Waals surface area contributed by atoms with Crippen LogP contribution in [0.15, 0.2) is 16.0 Å². The third kappa shape index (κ3) is 2.81. The number of aryl methyl sites for hydroxylation is 1. The first-order valence-corrected chi connectivity index (χ1v) is 5.96. The van der Waals surface area contributed by atoms with Crippen LogP contribution in [-0.4, -0.2) is 9.97 Å². The molecular formula is C10H10F3N3OS. The van der Waals surface area contributed by atoms with Crippen molar-refractivity contribution in [2.24, 2.45) is 0 Å². The molecule has 0 spiro atoms. The number of oxazole rings is 1. The van der Waals surface area contributed by atoms with Crippen LogP contribution in [0, 0.1) is 6.92 Å². The topological polar surface area (TPSA) is 51.0 Å². The van der Waals surface area contributed by atoms with E-state index in [9.17, 15) is 13.2 Å². The molecule has 1 atom stereocenters. The van der Waals surface area contributed by atoms with Gasteiger partial charge in [-0.3, -0.25) is 0 Å². The van der Waals surface area contributed by atoms with Gasteiger partial charge in [-0.2, -0.15) is 13.2 Å². The molecule has 0 aliphatic heterocycles. The first-order valence-electron chi connectivity index (χ1n) is 5.08. The van der Waals surface area contributed by atoms with Gasteiger partial charge >= 0.3 is 6.18 Å². The maximum atomic E-state index is 12.4. The van der Waals surface area contributed by atoms with Crippen molar-refractivity contribution in [1.82, 2.24) is 9.97 Å². The summed E-state index contributed by atoms with van der Waals surface area (Å²) in [6.07, 6.45) is -2.87. The second-order valence-electron chi connectivity index (χ2n) is 3.71. The quantitative estimate of drug-likeness (QED) is 0.930. The average Bonchev–Trinajstić information content (AvgIpc) is 2.85. The molecule has 2 aromatic heterocycles. The van der Waals surface area contributed by atoms with Crippen LogP contribution >= 0.6 is 11.3 Å². The lowest BCUT2D eigenvalue weighted by molar-refractivity contribution is -0.140. The Morgan fingerprint density at radius 1 is 1.44 bits per heavy atom. The van der Waals surface area contributed by atoms with E-state index < -0.39 is 11.9 Å². The van der Waals surface area contributed by atoms with Crippen molar-refractivity contribution in [2.75, 3.05) is 5.32 Å². The van der Waals surface area contributed by atoms with Crippen LogP contribution in [-0.2, 0) is 6.18 Å². The normalized spacial score (nSPS) is 13.6. The van der Waals surface area contributed by atoms with Crippen LogP contribution in [0.1, 0.15) is 30.3 Å². The van der Waals surface area contributed by atoms with Crippen molar-refractivity contribution >= 4 is 16.5 Å². The van der Waals surface area contributed by atoms with Gasteiger partial charge in [0.05, 0.1) is 6.20 Å². The fourth-order valence-electron chi connectivity index (χ4n) is 1.29. The monoisotopic (exact) mass is 277 g/mol. The standard InChI is InChI=1S/C10H10F3N3OS/c1-5-3-14-8(17-5)6(2)15-9-16-7(4-18-9)10(11,12)13/h3-4,6H,1-2H3,(H,15,16).